The molecule has 124 valence electrons. The minimum absolute atomic E-state index is 0. The number of nitro groups is 1. The van der Waals surface area contributed by atoms with Crippen LogP contribution in [0.3, 0.4) is 0 Å². The van der Waals surface area contributed by atoms with E-state index >= 15 is 0 Å². The van der Waals surface area contributed by atoms with E-state index in [0.717, 1.165) is 13.0 Å². The van der Waals surface area contributed by atoms with Gasteiger partial charge in [-0.1, -0.05) is 0 Å². The van der Waals surface area contributed by atoms with Crippen LogP contribution < -0.4 is 5.32 Å². The van der Waals surface area contributed by atoms with Crippen molar-refractivity contribution in [3.05, 3.63) is 33.4 Å². The summed E-state index contributed by atoms with van der Waals surface area (Å²) in [4.78, 5) is 10.5. The van der Waals surface area contributed by atoms with Crippen molar-refractivity contribution >= 4 is 28.1 Å². The van der Waals surface area contributed by atoms with Gasteiger partial charge >= 0.3 is 0 Å². The first-order valence-electron chi connectivity index (χ1n) is 6.69. The van der Waals surface area contributed by atoms with Crippen molar-refractivity contribution in [2.45, 2.75) is 31.2 Å². The lowest BCUT2D eigenvalue weighted by molar-refractivity contribution is -0.385. The summed E-state index contributed by atoms with van der Waals surface area (Å²) >= 11 is 0. The second kappa shape index (κ2) is 6.91. The van der Waals surface area contributed by atoms with Gasteiger partial charge in [0.15, 0.2) is 0 Å². The van der Waals surface area contributed by atoms with Gasteiger partial charge in [0.1, 0.15) is 0 Å². The van der Waals surface area contributed by atoms with Crippen LogP contribution in [0.1, 0.15) is 17.5 Å². The summed E-state index contributed by atoms with van der Waals surface area (Å²) in [6.45, 7) is 4.64. The number of nitrogens with one attached hydrogen (secondary N) is 1. The number of nitrogens with zero attached hydrogens (tertiary/aromatic N) is 2. The first-order valence-corrected chi connectivity index (χ1v) is 8.13. The zero-order chi connectivity index (χ0) is 15.8. The molecule has 7 nitrogen and oxygen atoms in total. The fourth-order valence-electron chi connectivity index (χ4n) is 2.60. The number of halogens is 1. The number of rotatable bonds is 4. The molecule has 1 unspecified atom stereocenters. The first-order chi connectivity index (χ1) is 9.75. The maximum absolute atomic E-state index is 12.7. The predicted molar refractivity (Wildman–Crippen MR) is 86.0 cm³/mol. The topological polar surface area (TPSA) is 92.6 Å². The number of sulfonamides is 1. The summed E-state index contributed by atoms with van der Waals surface area (Å²) < 4.78 is 26.7. The van der Waals surface area contributed by atoms with E-state index in [1.165, 1.54) is 17.4 Å². The molecule has 0 spiro atoms. The van der Waals surface area contributed by atoms with Gasteiger partial charge in [0.2, 0.25) is 10.0 Å². The van der Waals surface area contributed by atoms with Crippen LogP contribution in [0.4, 0.5) is 5.69 Å². The van der Waals surface area contributed by atoms with E-state index in [1.54, 1.807) is 19.9 Å². The molecule has 0 radical (unpaired) electrons. The van der Waals surface area contributed by atoms with Crippen LogP contribution in [0.15, 0.2) is 17.0 Å². The van der Waals surface area contributed by atoms with E-state index in [1.807, 2.05) is 0 Å². The Bertz CT molecular complexity index is 672. The lowest BCUT2D eigenvalue weighted by Gasteiger charge is -2.24. The predicted octanol–water partition coefficient (Wildman–Crippen LogP) is 1.62. The summed E-state index contributed by atoms with van der Waals surface area (Å²) in [5.41, 5.74) is 0.815. The van der Waals surface area contributed by atoms with Gasteiger partial charge in [-0.25, -0.2) is 8.42 Å². The minimum Gasteiger partial charge on any atom is -0.315 e. The Morgan fingerprint density at radius 3 is 2.45 bits per heavy atom. The van der Waals surface area contributed by atoms with Crippen molar-refractivity contribution in [3.8, 4) is 0 Å². The Morgan fingerprint density at radius 1 is 1.32 bits per heavy atom. The van der Waals surface area contributed by atoms with E-state index in [-0.39, 0.29) is 29.0 Å². The van der Waals surface area contributed by atoms with Crippen molar-refractivity contribution in [1.29, 1.82) is 0 Å². The third-order valence-corrected chi connectivity index (χ3v) is 5.95. The minimum atomic E-state index is -3.74. The zero-order valence-electron chi connectivity index (χ0n) is 12.7. The molecule has 0 bridgehead atoms. The molecule has 1 aliphatic heterocycles. The monoisotopic (exact) mass is 349 g/mol. The highest BCUT2D eigenvalue weighted by Crippen LogP contribution is 2.28. The second-order valence-corrected chi connectivity index (χ2v) is 7.30. The normalized spacial score (nSPS) is 18.3. The molecule has 1 N–H and O–H groups in total. The van der Waals surface area contributed by atoms with Gasteiger partial charge in [-0.2, -0.15) is 4.31 Å². The average molecular weight is 350 g/mol. The molecule has 1 aromatic carbocycles. The van der Waals surface area contributed by atoms with Crippen LogP contribution >= 0.6 is 12.4 Å². The molecule has 0 aliphatic carbocycles. The molecule has 1 heterocycles. The Morgan fingerprint density at radius 2 is 1.95 bits per heavy atom. The molecule has 1 saturated heterocycles. The Balaban J connectivity index is 0.00000242. The lowest BCUT2D eigenvalue weighted by Crippen LogP contribution is -2.38. The van der Waals surface area contributed by atoms with E-state index in [9.17, 15) is 18.5 Å². The van der Waals surface area contributed by atoms with Crippen LogP contribution in [0.2, 0.25) is 0 Å². The van der Waals surface area contributed by atoms with Gasteiger partial charge in [0, 0.05) is 31.3 Å². The van der Waals surface area contributed by atoms with Crippen LogP contribution in [0.25, 0.3) is 0 Å². The molecule has 1 atom stereocenters. The molecule has 0 amide bonds. The third-order valence-electron chi connectivity index (χ3n) is 3.90. The van der Waals surface area contributed by atoms with Gasteiger partial charge < -0.3 is 5.32 Å². The molecule has 2 rings (SSSR count). The standard InChI is InChI=1S/C13H19N3O4S.ClH/c1-9-6-10(2)13(7-12(9)16(17)18)21(19,20)15(3)11-4-5-14-8-11;/h6-7,11,14H,4-5,8H2,1-3H3;1H. The van der Waals surface area contributed by atoms with E-state index < -0.39 is 14.9 Å². The summed E-state index contributed by atoms with van der Waals surface area (Å²) in [6.07, 6.45) is 0.739. The maximum Gasteiger partial charge on any atom is 0.273 e. The van der Waals surface area contributed by atoms with E-state index in [4.69, 9.17) is 0 Å². The maximum atomic E-state index is 12.7. The Hall–Kier alpha value is -1.22. The average Bonchev–Trinajstić information content (AvgIpc) is 2.90. The molecule has 1 aliphatic rings. The lowest BCUT2D eigenvalue weighted by atomic mass is 10.1. The van der Waals surface area contributed by atoms with Crippen molar-refractivity contribution < 1.29 is 13.3 Å². The Labute approximate surface area is 136 Å². The fourth-order valence-corrected chi connectivity index (χ4v) is 4.21. The molecular weight excluding hydrogens is 330 g/mol. The fraction of sp³-hybridized carbons (Fsp3) is 0.538. The van der Waals surface area contributed by atoms with Gasteiger partial charge in [-0.15, -0.1) is 12.4 Å². The quantitative estimate of drug-likeness (QED) is 0.658. The van der Waals surface area contributed by atoms with E-state index in [2.05, 4.69) is 5.32 Å². The number of hydrogen-bond acceptors (Lipinski definition) is 5. The highest BCUT2D eigenvalue weighted by molar-refractivity contribution is 7.89. The molecular formula is C13H20ClN3O4S. The summed E-state index contributed by atoms with van der Waals surface area (Å²) in [5.74, 6) is 0. The highest BCUT2D eigenvalue weighted by atomic mass is 35.5. The van der Waals surface area contributed by atoms with Crippen LogP contribution in [-0.2, 0) is 10.0 Å². The molecule has 1 aromatic rings. The number of likely N-dealkylation sites (N-methyl/N-ethyl adjacent to an activating group) is 1. The van der Waals surface area contributed by atoms with Crippen molar-refractivity contribution in [3.63, 3.8) is 0 Å². The highest BCUT2D eigenvalue weighted by Gasteiger charge is 2.32. The largest absolute Gasteiger partial charge is 0.315 e. The third kappa shape index (κ3) is 3.40. The van der Waals surface area contributed by atoms with Crippen LogP contribution in [0, 0.1) is 24.0 Å². The molecule has 9 heteroatoms. The summed E-state index contributed by atoms with van der Waals surface area (Å²) in [7, 11) is -2.21. The van der Waals surface area contributed by atoms with Gasteiger partial charge in [0.05, 0.1) is 9.82 Å². The van der Waals surface area contributed by atoms with Crippen molar-refractivity contribution in [1.82, 2.24) is 9.62 Å². The molecule has 0 aromatic heterocycles. The molecule has 1 fully saturated rings. The SMILES string of the molecule is Cc1cc(C)c(S(=O)(=O)N(C)C2CCNC2)cc1[N+](=O)[O-].Cl. The second-order valence-electron chi connectivity index (χ2n) is 5.33. The van der Waals surface area contributed by atoms with Crippen LogP contribution in [0.5, 0.6) is 0 Å². The first kappa shape index (κ1) is 18.8. The number of aryl methyl sites for hydroxylation is 2. The van der Waals surface area contributed by atoms with Crippen molar-refractivity contribution in [2.75, 3.05) is 20.1 Å². The van der Waals surface area contributed by atoms with E-state index in [0.29, 0.717) is 17.7 Å². The van der Waals surface area contributed by atoms with Crippen molar-refractivity contribution in [2.24, 2.45) is 0 Å². The smallest absolute Gasteiger partial charge is 0.273 e. The molecule has 0 saturated carbocycles. The van der Waals surface area contributed by atoms with Crippen LogP contribution in [-0.4, -0.2) is 43.8 Å². The molecule has 22 heavy (non-hydrogen) atoms. The number of hydrogen-bond donors (Lipinski definition) is 1. The zero-order valence-corrected chi connectivity index (χ0v) is 14.3. The van der Waals surface area contributed by atoms with Gasteiger partial charge in [-0.3, -0.25) is 10.1 Å². The Kier molecular flexibility index (Phi) is 5.91. The summed E-state index contributed by atoms with van der Waals surface area (Å²) in [6, 6.07) is 2.60. The number of nitro benzene ring substituents is 1. The summed E-state index contributed by atoms with van der Waals surface area (Å²) in [5, 5.41) is 14.1. The van der Waals surface area contributed by atoms with Gasteiger partial charge in [-0.05, 0) is 38.4 Å². The number of benzene rings is 1. The van der Waals surface area contributed by atoms with Gasteiger partial charge in [0.25, 0.3) is 5.69 Å².